The minimum atomic E-state index is 0.0636. The van der Waals surface area contributed by atoms with Gasteiger partial charge in [0.2, 0.25) is 0 Å². The molecule has 3 nitrogen and oxygen atoms in total. The summed E-state index contributed by atoms with van der Waals surface area (Å²) in [6, 6.07) is 7.04. The summed E-state index contributed by atoms with van der Waals surface area (Å²) in [7, 11) is 0. The summed E-state index contributed by atoms with van der Waals surface area (Å²) in [5.74, 6) is 0.0636. The Hall–Kier alpha value is -0.870. The minimum absolute atomic E-state index is 0.0636. The van der Waals surface area contributed by atoms with E-state index in [1.165, 1.54) is 12.8 Å². The van der Waals surface area contributed by atoms with Crippen molar-refractivity contribution in [2.24, 2.45) is 0 Å². The Balaban J connectivity index is 1.57. The molecule has 4 heteroatoms. The maximum Gasteiger partial charge on any atom is 0.251 e. The molecule has 1 aliphatic heterocycles. The van der Waals surface area contributed by atoms with Gasteiger partial charge in [-0.1, -0.05) is 22.0 Å². The topological polar surface area (TPSA) is 32.3 Å². The smallest absolute Gasteiger partial charge is 0.251 e. The van der Waals surface area contributed by atoms with Gasteiger partial charge in [-0.2, -0.15) is 0 Å². The van der Waals surface area contributed by atoms with Crippen LogP contribution in [0.2, 0.25) is 0 Å². The fourth-order valence-electron chi connectivity index (χ4n) is 2.95. The fourth-order valence-corrected chi connectivity index (χ4v) is 3.31. The molecular formula is C16H21BrN2O. The first-order chi connectivity index (χ1) is 9.63. The van der Waals surface area contributed by atoms with Gasteiger partial charge in [0, 0.05) is 35.2 Å². The van der Waals surface area contributed by atoms with Gasteiger partial charge in [-0.15, -0.1) is 0 Å². The van der Waals surface area contributed by atoms with Crippen molar-refractivity contribution in [1.82, 2.24) is 10.2 Å². The number of hydrogen-bond donors (Lipinski definition) is 1. The first-order valence-electron chi connectivity index (χ1n) is 7.44. The van der Waals surface area contributed by atoms with E-state index in [9.17, 15) is 4.79 Å². The number of piperidine rings is 1. The molecule has 2 fully saturated rings. The second-order valence-corrected chi connectivity index (χ2v) is 6.89. The van der Waals surface area contributed by atoms with Crippen molar-refractivity contribution in [3.8, 4) is 0 Å². The molecule has 1 aromatic rings. The largest absolute Gasteiger partial charge is 0.349 e. The van der Waals surface area contributed by atoms with Gasteiger partial charge in [-0.3, -0.25) is 4.79 Å². The molecule has 20 heavy (non-hydrogen) atoms. The maximum absolute atomic E-state index is 12.4. The molecule has 1 N–H and O–H groups in total. The Kier molecular flexibility index (Phi) is 4.13. The van der Waals surface area contributed by atoms with Crippen LogP contribution in [0.1, 0.15) is 41.6 Å². The van der Waals surface area contributed by atoms with Gasteiger partial charge in [0.25, 0.3) is 5.91 Å². The molecular weight excluding hydrogens is 316 g/mol. The second kappa shape index (κ2) is 5.86. The number of carbonyl (C=O) groups is 1. The Morgan fingerprint density at radius 3 is 2.60 bits per heavy atom. The fraction of sp³-hybridized carbons (Fsp3) is 0.562. The van der Waals surface area contributed by atoms with Crippen molar-refractivity contribution in [2.75, 3.05) is 13.1 Å². The van der Waals surface area contributed by atoms with Gasteiger partial charge in [0.1, 0.15) is 0 Å². The van der Waals surface area contributed by atoms with Gasteiger partial charge in [-0.05, 0) is 50.3 Å². The summed E-state index contributed by atoms with van der Waals surface area (Å²) in [6.07, 6.45) is 4.90. The molecule has 1 heterocycles. The van der Waals surface area contributed by atoms with Crippen molar-refractivity contribution in [1.29, 1.82) is 0 Å². The molecule has 0 atom stereocenters. The number of carbonyl (C=O) groups excluding carboxylic acids is 1. The molecule has 1 aromatic carbocycles. The highest BCUT2D eigenvalue weighted by atomic mass is 79.9. The van der Waals surface area contributed by atoms with Gasteiger partial charge in [-0.25, -0.2) is 0 Å². The van der Waals surface area contributed by atoms with E-state index in [2.05, 4.69) is 26.1 Å². The molecule has 0 radical (unpaired) electrons. The van der Waals surface area contributed by atoms with Gasteiger partial charge in [0.15, 0.2) is 0 Å². The predicted octanol–water partition coefficient (Wildman–Crippen LogP) is 3.11. The number of amides is 1. The minimum Gasteiger partial charge on any atom is -0.349 e. The van der Waals surface area contributed by atoms with Crippen molar-refractivity contribution in [2.45, 2.75) is 44.7 Å². The molecule has 0 bridgehead atoms. The van der Waals surface area contributed by atoms with Crippen molar-refractivity contribution in [3.05, 3.63) is 33.8 Å². The third-order valence-electron chi connectivity index (χ3n) is 4.37. The van der Waals surface area contributed by atoms with Crippen LogP contribution >= 0.6 is 15.9 Å². The first kappa shape index (κ1) is 14.1. The van der Waals surface area contributed by atoms with Crippen LogP contribution in [0.4, 0.5) is 0 Å². The zero-order valence-electron chi connectivity index (χ0n) is 11.9. The molecule has 1 saturated heterocycles. The van der Waals surface area contributed by atoms with E-state index >= 15 is 0 Å². The van der Waals surface area contributed by atoms with Crippen LogP contribution in [0.15, 0.2) is 22.7 Å². The normalized spacial score (nSPS) is 20.9. The number of benzene rings is 1. The SMILES string of the molecule is Cc1ccc(Br)cc1C(=O)NC1CCN(C2CC2)CC1. The lowest BCUT2D eigenvalue weighted by Crippen LogP contribution is -2.45. The van der Waals surface area contributed by atoms with Crippen LogP contribution in [-0.2, 0) is 0 Å². The zero-order chi connectivity index (χ0) is 14.1. The number of hydrogen-bond acceptors (Lipinski definition) is 2. The highest BCUT2D eigenvalue weighted by Crippen LogP contribution is 2.29. The van der Waals surface area contributed by atoms with Crippen molar-refractivity contribution < 1.29 is 4.79 Å². The molecule has 2 aliphatic rings. The Labute approximate surface area is 128 Å². The van der Waals surface area contributed by atoms with Crippen LogP contribution in [0.25, 0.3) is 0 Å². The number of aryl methyl sites for hydroxylation is 1. The lowest BCUT2D eigenvalue weighted by molar-refractivity contribution is 0.0908. The standard InChI is InChI=1S/C16H21BrN2O/c1-11-2-3-12(17)10-15(11)16(20)18-13-6-8-19(9-7-13)14-4-5-14/h2-3,10,13-14H,4-9H2,1H3,(H,18,20). The molecule has 0 unspecified atom stereocenters. The molecule has 0 spiro atoms. The van der Waals surface area contributed by atoms with E-state index in [-0.39, 0.29) is 5.91 Å². The van der Waals surface area contributed by atoms with E-state index in [1.807, 2.05) is 25.1 Å². The number of halogens is 1. The van der Waals surface area contributed by atoms with E-state index in [4.69, 9.17) is 0 Å². The van der Waals surface area contributed by atoms with E-state index < -0.39 is 0 Å². The summed E-state index contributed by atoms with van der Waals surface area (Å²) in [5.41, 5.74) is 1.81. The quantitative estimate of drug-likeness (QED) is 0.919. The average molecular weight is 337 g/mol. The molecule has 1 amide bonds. The second-order valence-electron chi connectivity index (χ2n) is 5.97. The molecule has 0 aromatic heterocycles. The van der Waals surface area contributed by atoms with Crippen LogP contribution in [0.5, 0.6) is 0 Å². The molecule has 108 valence electrons. The third-order valence-corrected chi connectivity index (χ3v) is 4.87. The lowest BCUT2D eigenvalue weighted by Gasteiger charge is -2.32. The van der Waals surface area contributed by atoms with E-state index in [0.717, 1.165) is 47.6 Å². The highest BCUT2D eigenvalue weighted by Gasteiger charge is 2.32. The number of likely N-dealkylation sites (tertiary alicyclic amines) is 1. The van der Waals surface area contributed by atoms with Crippen LogP contribution in [-0.4, -0.2) is 36.0 Å². The van der Waals surface area contributed by atoms with E-state index in [0.29, 0.717) is 6.04 Å². The summed E-state index contributed by atoms with van der Waals surface area (Å²) < 4.78 is 0.955. The van der Waals surface area contributed by atoms with Crippen molar-refractivity contribution in [3.63, 3.8) is 0 Å². The van der Waals surface area contributed by atoms with Gasteiger partial charge >= 0.3 is 0 Å². The van der Waals surface area contributed by atoms with Gasteiger partial charge in [0.05, 0.1) is 0 Å². The molecule has 1 saturated carbocycles. The summed E-state index contributed by atoms with van der Waals surface area (Å²) in [4.78, 5) is 14.9. The number of nitrogens with one attached hydrogen (secondary N) is 1. The zero-order valence-corrected chi connectivity index (χ0v) is 13.4. The Morgan fingerprint density at radius 1 is 1.25 bits per heavy atom. The van der Waals surface area contributed by atoms with Crippen molar-refractivity contribution >= 4 is 21.8 Å². The highest BCUT2D eigenvalue weighted by molar-refractivity contribution is 9.10. The van der Waals surface area contributed by atoms with Gasteiger partial charge < -0.3 is 10.2 Å². The van der Waals surface area contributed by atoms with Crippen LogP contribution in [0.3, 0.4) is 0 Å². The monoisotopic (exact) mass is 336 g/mol. The number of nitrogens with zero attached hydrogens (tertiary/aromatic N) is 1. The molecule has 3 rings (SSSR count). The van der Waals surface area contributed by atoms with E-state index in [1.54, 1.807) is 0 Å². The lowest BCUT2D eigenvalue weighted by atomic mass is 10.0. The average Bonchev–Trinajstić information content (AvgIpc) is 3.27. The third kappa shape index (κ3) is 3.23. The Bertz CT molecular complexity index is 505. The number of rotatable bonds is 3. The first-order valence-corrected chi connectivity index (χ1v) is 8.24. The summed E-state index contributed by atoms with van der Waals surface area (Å²) >= 11 is 3.43. The predicted molar refractivity (Wildman–Crippen MR) is 84.0 cm³/mol. The van der Waals surface area contributed by atoms with Crippen LogP contribution < -0.4 is 5.32 Å². The Morgan fingerprint density at radius 2 is 1.95 bits per heavy atom. The maximum atomic E-state index is 12.4. The molecule has 1 aliphatic carbocycles. The summed E-state index contributed by atoms with van der Waals surface area (Å²) in [5, 5.41) is 3.20. The van der Waals surface area contributed by atoms with Crippen LogP contribution in [0, 0.1) is 6.92 Å². The summed E-state index contributed by atoms with van der Waals surface area (Å²) in [6.45, 7) is 4.25.